The maximum absolute atomic E-state index is 12.4. The first kappa shape index (κ1) is 15.2. The molecule has 4 rings (SSSR count). The van der Waals surface area contributed by atoms with Crippen LogP contribution in [0.4, 0.5) is 0 Å². The van der Waals surface area contributed by atoms with Crippen LogP contribution >= 0.6 is 11.3 Å². The normalized spacial score (nSPS) is 13.9. The third kappa shape index (κ3) is 2.77. The molecule has 2 aromatic heterocycles. The number of hydrogen-bond acceptors (Lipinski definition) is 4. The molecule has 122 valence electrons. The van der Waals surface area contributed by atoms with Crippen molar-refractivity contribution in [3.63, 3.8) is 0 Å². The zero-order chi connectivity index (χ0) is 16.5. The van der Waals surface area contributed by atoms with E-state index in [0.717, 1.165) is 12.8 Å². The molecule has 0 aliphatic heterocycles. The number of aliphatic hydroxyl groups is 1. The van der Waals surface area contributed by atoms with Gasteiger partial charge in [-0.2, -0.15) is 0 Å². The van der Waals surface area contributed by atoms with E-state index in [1.807, 2.05) is 12.1 Å². The summed E-state index contributed by atoms with van der Waals surface area (Å²) in [5.74, 6) is 0.298. The number of nitrogens with one attached hydrogen (secondary N) is 1. The number of rotatable bonds is 4. The van der Waals surface area contributed by atoms with Gasteiger partial charge in [-0.25, -0.2) is 0 Å². The van der Waals surface area contributed by atoms with Crippen LogP contribution in [-0.4, -0.2) is 17.6 Å². The van der Waals surface area contributed by atoms with Crippen LogP contribution in [0.25, 0.3) is 10.4 Å². The number of thiophene rings is 1. The molecule has 0 saturated heterocycles. The molecule has 2 N–H and O–H groups in total. The summed E-state index contributed by atoms with van der Waals surface area (Å²) in [5.41, 5.74) is 3.81. The van der Waals surface area contributed by atoms with Crippen molar-refractivity contribution in [3.05, 3.63) is 70.5 Å². The van der Waals surface area contributed by atoms with Gasteiger partial charge in [0.05, 0.1) is 17.7 Å². The molecule has 3 aromatic rings. The Morgan fingerprint density at radius 2 is 2.04 bits per heavy atom. The van der Waals surface area contributed by atoms with E-state index >= 15 is 0 Å². The van der Waals surface area contributed by atoms with E-state index < -0.39 is 6.10 Å². The molecule has 2 heterocycles. The second-order valence-corrected chi connectivity index (χ2v) is 6.92. The van der Waals surface area contributed by atoms with Gasteiger partial charge < -0.3 is 14.8 Å². The molecule has 0 spiro atoms. The minimum atomic E-state index is -0.834. The summed E-state index contributed by atoms with van der Waals surface area (Å²) in [4.78, 5) is 14.3. The van der Waals surface area contributed by atoms with Crippen molar-refractivity contribution in [2.75, 3.05) is 6.54 Å². The van der Waals surface area contributed by atoms with Gasteiger partial charge in [-0.15, -0.1) is 11.3 Å². The highest BCUT2D eigenvalue weighted by Gasteiger charge is 2.21. The Bertz CT molecular complexity index is 867. The summed E-state index contributed by atoms with van der Waals surface area (Å²) in [7, 11) is 0. The van der Waals surface area contributed by atoms with Crippen molar-refractivity contribution in [1.82, 2.24) is 5.32 Å². The molecule has 5 heteroatoms. The van der Waals surface area contributed by atoms with Crippen LogP contribution in [0.2, 0.25) is 0 Å². The molecule has 1 aliphatic carbocycles. The highest BCUT2D eigenvalue weighted by Crippen LogP contribution is 2.39. The Hall–Kier alpha value is -2.37. The van der Waals surface area contributed by atoms with Crippen LogP contribution in [0, 0.1) is 0 Å². The fourth-order valence-electron chi connectivity index (χ4n) is 3.04. The molecule has 1 unspecified atom stereocenters. The number of amides is 1. The first-order valence-electron chi connectivity index (χ1n) is 7.93. The number of hydrogen-bond donors (Lipinski definition) is 2. The van der Waals surface area contributed by atoms with E-state index in [9.17, 15) is 9.90 Å². The predicted octanol–water partition coefficient (Wildman–Crippen LogP) is 3.57. The summed E-state index contributed by atoms with van der Waals surface area (Å²) < 4.78 is 5.14. The molecule has 1 amide bonds. The first-order chi connectivity index (χ1) is 11.7. The predicted molar refractivity (Wildman–Crippen MR) is 93.2 cm³/mol. The largest absolute Gasteiger partial charge is 0.467 e. The second kappa shape index (κ2) is 6.26. The molecule has 0 saturated carbocycles. The number of fused-ring (bicyclic) bond motifs is 3. The number of carbonyl (C=O) groups is 1. The van der Waals surface area contributed by atoms with Crippen LogP contribution in [0.5, 0.6) is 0 Å². The average Bonchev–Trinajstić information content (AvgIpc) is 3.28. The van der Waals surface area contributed by atoms with Crippen LogP contribution in [0.15, 0.2) is 53.1 Å². The number of benzene rings is 1. The van der Waals surface area contributed by atoms with Gasteiger partial charge in [0, 0.05) is 4.88 Å². The van der Waals surface area contributed by atoms with E-state index in [1.54, 1.807) is 12.1 Å². The van der Waals surface area contributed by atoms with Crippen molar-refractivity contribution in [3.8, 4) is 10.4 Å². The molecular formula is C19H17NO3S. The SMILES string of the molecule is O=C(NCC(O)c1ccco1)c1cc2c(s1)-c1ccccc1CC2. The maximum atomic E-state index is 12.4. The summed E-state index contributed by atoms with van der Waals surface area (Å²) in [6.07, 6.45) is 2.65. The van der Waals surface area contributed by atoms with Gasteiger partial charge in [0.1, 0.15) is 11.9 Å². The number of aryl methyl sites for hydroxylation is 2. The van der Waals surface area contributed by atoms with Gasteiger partial charge in [-0.1, -0.05) is 24.3 Å². The van der Waals surface area contributed by atoms with Crippen molar-refractivity contribution >= 4 is 17.2 Å². The molecule has 1 aromatic carbocycles. The Morgan fingerprint density at radius 1 is 1.21 bits per heavy atom. The van der Waals surface area contributed by atoms with Gasteiger partial charge in [-0.05, 0) is 47.7 Å². The van der Waals surface area contributed by atoms with E-state index in [2.05, 4.69) is 23.5 Å². The number of furan rings is 1. The fraction of sp³-hybridized carbons (Fsp3) is 0.211. The summed E-state index contributed by atoms with van der Waals surface area (Å²) in [6.45, 7) is 0.130. The van der Waals surface area contributed by atoms with Crippen molar-refractivity contribution in [1.29, 1.82) is 0 Å². The lowest BCUT2D eigenvalue weighted by Gasteiger charge is -2.15. The van der Waals surface area contributed by atoms with Crippen molar-refractivity contribution in [2.45, 2.75) is 18.9 Å². The van der Waals surface area contributed by atoms with Gasteiger partial charge in [0.2, 0.25) is 0 Å². The van der Waals surface area contributed by atoms with E-state index in [-0.39, 0.29) is 12.5 Å². The van der Waals surface area contributed by atoms with Gasteiger partial charge in [-0.3, -0.25) is 4.79 Å². The topological polar surface area (TPSA) is 62.5 Å². The van der Waals surface area contributed by atoms with Gasteiger partial charge in [0.25, 0.3) is 5.91 Å². The standard InChI is InChI=1S/C19H17NO3S/c21-15(16-6-3-9-23-16)11-20-19(22)17-10-13-8-7-12-4-1-2-5-14(12)18(13)24-17/h1-6,9-10,15,21H,7-8,11H2,(H,20,22). The van der Waals surface area contributed by atoms with Crippen molar-refractivity contribution in [2.24, 2.45) is 0 Å². The minimum Gasteiger partial charge on any atom is -0.467 e. The molecule has 1 atom stereocenters. The van der Waals surface area contributed by atoms with Crippen LogP contribution in [-0.2, 0) is 12.8 Å². The summed E-state index contributed by atoms with van der Waals surface area (Å²) in [6, 6.07) is 13.7. The zero-order valence-electron chi connectivity index (χ0n) is 13.0. The fourth-order valence-corrected chi connectivity index (χ4v) is 4.23. The molecule has 24 heavy (non-hydrogen) atoms. The zero-order valence-corrected chi connectivity index (χ0v) is 13.8. The van der Waals surface area contributed by atoms with Crippen LogP contribution < -0.4 is 5.32 Å². The third-order valence-corrected chi connectivity index (χ3v) is 5.50. The minimum absolute atomic E-state index is 0.130. The van der Waals surface area contributed by atoms with E-state index in [4.69, 9.17) is 4.42 Å². The monoisotopic (exact) mass is 339 g/mol. The molecule has 0 bridgehead atoms. The highest BCUT2D eigenvalue weighted by atomic mass is 32.1. The average molecular weight is 339 g/mol. The van der Waals surface area contributed by atoms with Crippen LogP contribution in [0.3, 0.4) is 0 Å². The first-order valence-corrected chi connectivity index (χ1v) is 8.74. The lowest BCUT2D eigenvalue weighted by Crippen LogP contribution is -2.27. The lowest BCUT2D eigenvalue weighted by atomic mass is 9.91. The molecule has 0 fully saturated rings. The van der Waals surface area contributed by atoms with Gasteiger partial charge in [0.15, 0.2) is 0 Å². The molecule has 1 aliphatic rings. The Balaban J connectivity index is 1.50. The lowest BCUT2D eigenvalue weighted by molar-refractivity contribution is 0.0905. The number of aliphatic hydroxyl groups excluding tert-OH is 1. The van der Waals surface area contributed by atoms with E-state index in [0.29, 0.717) is 10.6 Å². The van der Waals surface area contributed by atoms with E-state index in [1.165, 1.54) is 39.2 Å². The second-order valence-electron chi connectivity index (χ2n) is 5.86. The van der Waals surface area contributed by atoms with Gasteiger partial charge >= 0.3 is 0 Å². The smallest absolute Gasteiger partial charge is 0.261 e. The third-order valence-electron chi connectivity index (χ3n) is 4.29. The Kier molecular flexibility index (Phi) is 3.96. The molecule has 0 radical (unpaired) electrons. The molecular weight excluding hydrogens is 322 g/mol. The van der Waals surface area contributed by atoms with Crippen LogP contribution in [0.1, 0.15) is 32.7 Å². The summed E-state index contributed by atoms with van der Waals surface area (Å²) >= 11 is 1.52. The van der Waals surface area contributed by atoms with Crippen molar-refractivity contribution < 1.29 is 14.3 Å². The quantitative estimate of drug-likeness (QED) is 0.764. The Morgan fingerprint density at radius 3 is 2.88 bits per heavy atom. The Labute approximate surface area is 143 Å². The number of carbonyl (C=O) groups excluding carboxylic acids is 1. The summed E-state index contributed by atoms with van der Waals surface area (Å²) in [5, 5.41) is 12.8. The molecule has 4 nitrogen and oxygen atoms in total. The highest BCUT2D eigenvalue weighted by molar-refractivity contribution is 7.17. The maximum Gasteiger partial charge on any atom is 0.261 e.